The fourth-order valence-corrected chi connectivity index (χ4v) is 1.84. The van der Waals surface area contributed by atoms with E-state index in [1.165, 1.54) is 6.20 Å². The van der Waals surface area contributed by atoms with Crippen molar-refractivity contribution in [2.45, 2.75) is 39.3 Å². The minimum absolute atomic E-state index is 0.288. The number of anilines is 1. The monoisotopic (exact) mass is 265 g/mol. The van der Waals surface area contributed by atoms with Gasteiger partial charge in [0.1, 0.15) is 11.6 Å². The summed E-state index contributed by atoms with van der Waals surface area (Å²) in [7, 11) is 1.99. The van der Waals surface area contributed by atoms with Crippen LogP contribution in [-0.4, -0.2) is 24.6 Å². The third kappa shape index (κ3) is 5.39. The van der Waals surface area contributed by atoms with Crippen molar-refractivity contribution in [1.29, 1.82) is 0 Å². The number of aromatic nitrogens is 1. The van der Waals surface area contributed by atoms with Gasteiger partial charge >= 0.3 is 0 Å². The van der Waals surface area contributed by atoms with Crippen LogP contribution in [0, 0.1) is 5.82 Å². The standard InChI is InChI=1S/C15H24FN3/c1-5-6-7-8-19(4)15-13(10-17-12(2)3)9-14(16)11-18-15/h5,9,11-12,17H,1,6-8,10H2,2-4H3. The van der Waals surface area contributed by atoms with Gasteiger partial charge in [0.2, 0.25) is 0 Å². The smallest absolute Gasteiger partial charge is 0.141 e. The zero-order chi connectivity index (χ0) is 14.3. The molecule has 0 unspecified atom stereocenters. The van der Waals surface area contributed by atoms with E-state index in [1.54, 1.807) is 6.07 Å². The first-order valence-corrected chi connectivity index (χ1v) is 6.74. The van der Waals surface area contributed by atoms with Crippen LogP contribution in [-0.2, 0) is 6.54 Å². The maximum absolute atomic E-state index is 13.3. The molecule has 0 aliphatic carbocycles. The van der Waals surface area contributed by atoms with E-state index in [0.29, 0.717) is 12.6 Å². The Labute approximate surface area is 115 Å². The third-order valence-corrected chi connectivity index (χ3v) is 2.87. The lowest BCUT2D eigenvalue weighted by atomic mass is 10.2. The number of hydrogen-bond acceptors (Lipinski definition) is 3. The van der Waals surface area contributed by atoms with Crippen LogP contribution >= 0.6 is 0 Å². The second-order valence-corrected chi connectivity index (χ2v) is 5.02. The summed E-state index contributed by atoms with van der Waals surface area (Å²) >= 11 is 0. The molecule has 0 aliphatic heterocycles. The number of nitrogens with one attached hydrogen (secondary N) is 1. The molecule has 1 aromatic heterocycles. The quantitative estimate of drug-likeness (QED) is 0.578. The Morgan fingerprint density at radius 2 is 2.26 bits per heavy atom. The van der Waals surface area contributed by atoms with Crippen LogP contribution < -0.4 is 10.2 Å². The van der Waals surface area contributed by atoms with Crippen molar-refractivity contribution in [1.82, 2.24) is 10.3 Å². The molecule has 0 saturated carbocycles. The highest BCUT2D eigenvalue weighted by Gasteiger charge is 2.10. The number of nitrogens with zero attached hydrogens (tertiary/aromatic N) is 2. The third-order valence-electron chi connectivity index (χ3n) is 2.87. The molecule has 3 nitrogen and oxygen atoms in total. The normalized spacial score (nSPS) is 10.8. The van der Waals surface area contributed by atoms with Crippen molar-refractivity contribution in [2.75, 3.05) is 18.5 Å². The lowest BCUT2D eigenvalue weighted by Crippen LogP contribution is -2.26. The topological polar surface area (TPSA) is 28.2 Å². The van der Waals surface area contributed by atoms with E-state index in [0.717, 1.165) is 30.8 Å². The van der Waals surface area contributed by atoms with E-state index in [4.69, 9.17) is 0 Å². The van der Waals surface area contributed by atoms with Gasteiger partial charge in [0.05, 0.1) is 6.20 Å². The number of unbranched alkanes of at least 4 members (excludes halogenated alkanes) is 1. The van der Waals surface area contributed by atoms with Gasteiger partial charge in [0, 0.05) is 31.7 Å². The fourth-order valence-electron chi connectivity index (χ4n) is 1.84. The van der Waals surface area contributed by atoms with E-state index in [1.807, 2.05) is 13.1 Å². The summed E-state index contributed by atoms with van der Waals surface area (Å²) in [5.74, 6) is 0.558. The summed E-state index contributed by atoms with van der Waals surface area (Å²) < 4.78 is 13.3. The van der Waals surface area contributed by atoms with Gasteiger partial charge in [-0.25, -0.2) is 9.37 Å². The summed E-state index contributed by atoms with van der Waals surface area (Å²) in [6.45, 7) is 9.37. The van der Waals surface area contributed by atoms with Gasteiger partial charge in [-0.15, -0.1) is 6.58 Å². The molecule has 1 N–H and O–H groups in total. The van der Waals surface area contributed by atoms with Crippen LogP contribution in [0.5, 0.6) is 0 Å². The highest BCUT2D eigenvalue weighted by Crippen LogP contribution is 2.18. The minimum atomic E-state index is -0.288. The molecule has 4 heteroatoms. The van der Waals surface area contributed by atoms with Crippen molar-refractivity contribution in [3.8, 4) is 0 Å². The molecular weight excluding hydrogens is 241 g/mol. The zero-order valence-corrected chi connectivity index (χ0v) is 12.1. The number of allylic oxidation sites excluding steroid dienone is 1. The van der Waals surface area contributed by atoms with Gasteiger partial charge in [0.25, 0.3) is 0 Å². The number of rotatable bonds is 8. The van der Waals surface area contributed by atoms with Crippen LogP contribution in [0.3, 0.4) is 0 Å². The second-order valence-electron chi connectivity index (χ2n) is 5.02. The molecule has 106 valence electrons. The predicted octanol–water partition coefficient (Wildman–Crippen LogP) is 3.12. The fraction of sp³-hybridized carbons (Fsp3) is 0.533. The van der Waals surface area contributed by atoms with E-state index in [9.17, 15) is 4.39 Å². The van der Waals surface area contributed by atoms with E-state index < -0.39 is 0 Å². The SMILES string of the molecule is C=CCCCN(C)c1ncc(F)cc1CNC(C)C. The Morgan fingerprint density at radius 3 is 2.89 bits per heavy atom. The molecule has 1 rings (SSSR count). The summed E-state index contributed by atoms with van der Waals surface area (Å²) in [6.07, 6.45) is 5.19. The van der Waals surface area contributed by atoms with Crippen LogP contribution in [0.1, 0.15) is 32.3 Å². The van der Waals surface area contributed by atoms with Crippen LogP contribution in [0.4, 0.5) is 10.2 Å². The molecule has 1 heterocycles. The van der Waals surface area contributed by atoms with E-state index in [2.05, 4.69) is 35.6 Å². The molecule has 0 spiro atoms. The number of hydrogen-bond donors (Lipinski definition) is 1. The molecule has 0 radical (unpaired) electrons. The molecule has 0 aliphatic rings. The van der Waals surface area contributed by atoms with Crippen molar-refractivity contribution in [3.63, 3.8) is 0 Å². The van der Waals surface area contributed by atoms with Gasteiger partial charge in [-0.3, -0.25) is 0 Å². The molecule has 0 atom stereocenters. The Morgan fingerprint density at radius 1 is 1.53 bits per heavy atom. The first-order valence-electron chi connectivity index (χ1n) is 6.74. The van der Waals surface area contributed by atoms with Gasteiger partial charge in [-0.05, 0) is 18.9 Å². The first kappa shape index (κ1) is 15.6. The Bertz CT molecular complexity index is 404. The van der Waals surface area contributed by atoms with Gasteiger partial charge < -0.3 is 10.2 Å². The average Bonchev–Trinajstić information content (AvgIpc) is 2.36. The highest BCUT2D eigenvalue weighted by atomic mass is 19.1. The molecule has 19 heavy (non-hydrogen) atoms. The van der Waals surface area contributed by atoms with Crippen molar-refractivity contribution in [2.24, 2.45) is 0 Å². The van der Waals surface area contributed by atoms with Crippen LogP contribution in [0.2, 0.25) is 0 Å². The average molecular weight is 265 g/mol. The molecule has 1 aromatic rings. The summed E-state index contributed by atoms with van der Waals surface area (Å²) in [4.78, 5) is 6.29. The number of pyridine rings is 1. The van der Waals surface area contributed by atoms with Gasteiger partial charge in [-0.2, -0.15) is 0 Å². The maximum Gasteiger partial charge on any atom is 0.141 e. The van der Waals surface area contributed by atoms with Crippen molar-refractivity contribution in [3.05, 3.63) is 36.3 Å². The molecule has 0 aromatic carbocycles. The summed E-state index contributed by atoms with van der Waals surface area (Å²) in [5.41, 5.74) is 0.898. The molecule has 0 amide bonds. The van der Waals surface area contributed by atoms with Crippen LogP contribution in [0.15, 0.2) is 24.9 Å². The van der Waals surface area contributed by atoms with Crippen molar-refractivity contribution >= 4 is 5.82 Å². The number of halogens is 1. The highest BCUT2D eigenvalue weighted by molar-refractivity contribution is 5.46. The molecule has 0 bridgehead atoms. The van der Waals surface area contributed by atoms with Crippen molar-refractivity contribution < 1.29 is 4.39 Å². The summed E-state index contributed by atoms with van der Waals surface area (Å²) in [5, 5.41) is 3.30. The Balaban J connectivity index is 2.76. The lowest BCUT2D eigenvalue weighted by molar-refractivity contribution is 0.577. The van der Waals surface area contributed by atoms with E-state index >= 15 is 0 Å². The maximum atomic E-state index is 13.3. The molecule has 0 fully saturated rings. The summed E-state index contributed by atoms with van der Waals surface area (Å²) in [6, 6.07) is 1.92. The predicted molar refractivity (Wildman–Crippen MR) is 78.9 cm³/mol. The molecule has 0 saturated heterocycles. The Hall–Kier alpha value is -1.42. The Kier molecular flexibility index (Phi) is 6.50. The lowest BCUT2D eigenvalue weighted by Gasteiger charge is -2.21. The zero-order valence-electron chi connectivity index (χ0n) is 12.1. The minimum Gasteiger partial charge on any atom is -0.359 e. The van der Waals surface area contributed by atoms with Crippen LogP contribution in [0.25, 0.3) is 0 Å². The second kappa shape index (κ2) is 7.89. The van der Waals surface area contributed by atoms with E-state index in [-0.39, 0.29) is 5.82 Å². The molecular formula is C15H24FN3. The first-order chi connectivity index (χ1) is 9.04. The van der Waals surface area contributed by atoms with Gasteiger partial charge in [-0.1, -0.05) is 19.9 Å². The van der Waals surface area contributed by atoms with Gasteiger partial charge in [0.15, 0.2) is 0 Å². The largest absolute Gasteiger partial charge is 0.359 e.